The Balaban J connectivity index is 3.39. The van der Waals surface area contributed by atoms with Gasteiger partial charge < -0.3 is 4.74 Å². The second kappa shape index (κ2) is 3.74. The van der Waals surface area contributed by atoms with Gasteiger partial charge in [0.15, 0.2) is 0 Å². The smallest absolute Gasteiger partial charge is 0.264 e. The van der Waals surface area contributed by atoms with Gasteiger partial charge in [-0.05, 0) is 12.1 Å². The highest BCUT2D eigenvalue weighted by molar-refractivity contribution is 8.13. The molecule has 1 aromatic rings. The summed E-state index contributed by atoms with van der Waals surface area (Å²) < 4.78 is 26.7. The first-order valence-electron chi connectivity index (χ1n) is 3.23. The van der Waals surface area contributed by atoms with Crippen molar-refractivity contribution >= 4 is 31.3 Å². The van der Waals surface area contributed by atoms with E-state index >= 15 is 0 Å². The second-order valence-electron chi connectivity index (χ2n) is 2.23. The van der Waals surface area contributed by atoms with Gasteiger partial charge in [0, 0.05) is 21.8 Å². The molecule has 0 fully saturated rings. The summed E-state index contributed by atoms with van der Waals surface area (Å²) in [6.45, 7) is 0. The van der Waals surface area contributed by atoms with Crippen molar-refractivity contribution in [3.8, 4) is 5.75 Å². The maximum absolute atomic E-state index is 11.0. The van der Waals surface area contributed by atoms with Gasteiger partial charge in [-0.15, -0.1) is 0 Å². The van der Waals surface area contributed by atoms with Crippen LogP contribution in [0.3, 0.4) is 0 Å². The molecule has 0 heterocycles. The van der Waals surface area contributed by atoms with Crippen LogP contribution in [0.15, 0.2) is 23.1 Å². The van der Waals surface area contributed by atoms with E-state index in [0.29, 0.717) is 5.02 Å². The molecule has 0 amide bonds. The Labute approximate surface area is 85.6 Å². The van der Waals surface area contributed by atoms with E-state index in [0.717, 1.165) is 0 Å². The molecule has 0 N–H and O–H groups in total. The van der Waals surface area contributed by atoms with Gasteiger partial charge >= 0.3 is 0 Å². The minimum atomic E-state index is -3.77. The summed E-state index contributed by atoms with van der Waals surface area (Å²) in [5.74, 6) is 0.141. The van der Waals surface area contributed by atoms with Gasteiger partial charge in [-0.3, -0.25) is 0 Å². The van der Waals surface area contributed by atoms with Gasteiger partial charge in [0.1, 0.15) is 10.6 Å². The molecule has 0 aliphatic carbocycles. The number of rotatable bonds is 2. The molecule has 1 rings (SSSR count). The maximum Gasteiger partial charge on any atom is 0.264 e. The molecule has 0 aliphatic rings. The van der Waals surface area contributed by atoms with Gasteiger partial charge in [-0.1, -0.05) is 11.6 Å². The molecular formula is C7H6Cl2O3S. The number of hydrogen-bond donors (Lipinski definition) is 0. The molecular weight excluding hydrogens is 235 g/mol. The molecule has 0 radical (unpaired) electrons. The lowest BCUT2D eigenvalue weighted by Gasteiger charge is -2.04. The Morgan fingerprint density at radius 1 is 1.38 bits per heavy atom. The van der Waals surface area contributed by atoms with Crippen molar-refractivity contribution in [1.29, 1.82) is 0 Å². The molecule has 3 nitrogen and oxygen atoms in total. The summed E-state index contributed by atoms with van der Waals surface area (Å²) in [7, 11) is 2.71. The lowest BCUT2D eigenvalue weighted by molar-refractivity contribution is 0.403. The zero-order valence-electron chi connectivity index (χ0n) is 6.62. The number of benzene rings is 1. The van der Waals surface area contributed by atoms with E-state index in [2.05, 4.69) is 0 Å². The largest absolute Gasteiger partial charge is 0.495 e. The molecule has 0 saturated carbocycles. The fourth-order valence-corrected chi connectivity index (χ4v) is 2.00. The Morgan fingerprint density at radius 2 is 2.00 bits per heavy atom. The molecule has 0 unspecified atom stereocenters. The minimum absolute atomic E-state index is 0.0823. The van der Waals surface area contributed by atoms with Crippen LogP contribution in [-0.2, 0) is 9.05 Å². The quantitative estimate of drug-likeness (QED) is 0.746. The number of ether oxygens (including phenoxy) is 1. The third-order valence-electron chi connectivity index (χ3n) is 1.39. The van der Waals surface area contributed by atoms with Crippen molar-refractivity contribution < 1.29 is 13.2 Å². The van der Waals surface area contributed by atoms with Crippen molar-refractivity contribution in [2.24, 2.45) is 0 Å². The summed E-state index contributed by atoms with van der Waals surface area (Å²) in [4.78, 5) is -0.0823. The van der Waals surface area contributed by atoms with Crippen LogP contribution in [-0.4, -0.2) is 15.5 Å². The Kier molecular flexibility index (Phi) is 3.05. The van der Waals surface area contributed by atoms with Gasteiger partial charge in [-0.25, -0.2) is 8.42 Å². The molecule has 6 heteroatoms. The fraction of sp³-hybridized carbons (Fsp3) is 0.143. The monoisotopic (exact) mass is 240 g/mol. The molecule has 72 valence electrons. The standard InChI is InChI=1S/C7H6Cl2O3S/c1-12-6-4-5(8)2-3-7(6)13(9,10)11/h2-4H,1H3. The van der Waals surface area contributed by atoms with E-state index in [9.17, 15) is 8.42 Å². The molecule has 0 bridgehead atoms. The first-order valence-corrected chi connectivity index (χ1v) is 5.92. The van der Waals surface area contributed by atoms with Crippen molar-refractivity contribution in [2.45, 2.75) is 4.90 Å². The SMILES string of the molecule is COc1cc(Cl)ccc1S(=O)(=O)Cl. The predicted molar refractivity (Wildman–Crippen MR) is 51.0 cm³/mol. The minimum Gasteiger partial charge on any atom is -0.495 e. The van der Waals surface area contributed by atoms with Crippen LogP contribution in [0, 0.1) is 0 Å². The lowest BCUT2D eigenvalue weighted by atomic mass is 10.3. The summed E-state index contributed by atoms with van der Waals surface area (Å²) in [6, 6.07) is 4.11. The second-order valence-corrected chi connectivity index (χ2v) is 5.20. The van der Waals surface area contributed by atoms with E-state index in [1.165, 1.54) is 25.3 Å². The fourth-order valence-electron chi connectivity index (χ4n) is 0.843. The highest BCUT2D eigenvalue weighted by Crippen LogP contribution is 2.29. The number of halogens is 2. The normalized spacial score (nSPS) is 11.3. The highest BCUT2D eigenvalue weighted by atomic mass is 35.7. The third-order valence-corrected chi connectivity index (χ3v) is 2.98. The van der Waals surface area contributed by atoms with E-state index in [1.54, 1.807) is 0 Å². The van der Waals surface area contributed by atoms with Gasteiger partial charge in [0.25, 0.3) is 9.05 Å². The zero-order valence-corrected chi connectivity index (χ0v) is 8.95. The summed E-state index contributed by atoms with van der Waals surface area (Å²) in [5.41, 5.74) is 0. The summed E-state index contributed by atoms with van der Waals surface area (Å²) >= 11 is 5.63. The Hall–Kier alpha value is -0.450. The molecule has 1 aromatic carbocycles. The van der Waals surface area contributed by atoms with Crippen LogP contribution in [0.2, 0.25) is 5.02 Å². The molecule has 0 aromatic heterocycles. The van der Waals surface area contributed by atoms with Crippen LogP contribution in [0.25, 0.3) is 0 Å². The van der Waals surface area contributed by atoms with Crippen LogP contribution in [0.1, 0.15) is 0 Å². The molecule has 0 aliphatic heterocycles. The van der Waals surface area contributed by atoms with Gasteiger partial charge in [0.2, 0.25) is 0 Å². The molecule has 0 spiro atoms. The summed E-state index contributed by atoms with van der Waals surface area (Å²) in [5, 5.41) is 0.390. The lowest BCUT2D eigenvalue weighted by Crippen LogP contribution is -1.95. The third kappa shape index (κ3) is 2.49. The topological polar surface area (TPSA) is 43.4 Å². The first-order chi connectivity index (χ1) is 5.95. The van der Waals surface area contributed by atoms with E-state index in [-0.39, 0.29) is 10.6 Å². The van der Waals surface area contributed by atoms with Gasteiger partial charge in [0.05, 0.1) is 7.11 Å². The van der Waals surface area contributed by atoms with E-state index in [4.69, 9.17) is 27.0 Å². The highest BCUT2D eigenvalue weighted by Gasteiger charge is 2.16. The molecule has 13 heavy (non-hydrogen) atoms. The van der Waals surface area contributed by atoms with Crippen molar-refractivity contribution in [2.75, 3.05) is 7.11 Å². The number of hydrogen-bond acceptors (Lipinski definition) is 3. The van der Waals surface area contributed by atoms with Crippen molar-refractivity contribution in [3.63, 3.8) is 0 Å². The van der Waals surface area contributed by atoms with Crippen molar-refractivity contribution in [1.82, 2.24) is 0 Å². The average molecular weight is 241 g/mol. The van der Waals surface area contributed by atoms with E-state index < -0.39 is 9.05 Å². The van der Waals surface area contributed by atoms with E-state index in [1.807, 2.05) is 0 Å². The zero-order chi connectivity index (χ0) is 10.1. The maximum atomic E-state index is 11.0. The van der Waals surface area contributed by atoms with Crippen LogP contribution < -0.4 is 4.74 Å². The van der Waals surface area contributed by atoms with Crippen molar-refractivity contribution in [3.05, 3.63) is 23.2 Å². The molecule has 0 atom stereocenters. The summed E-state index contributed by atoms with van der Waals surface area (Å²) in [6.07, 6.45) is 0. The average Bonchev–Trinajstić information content (AvgIpc) is 2.01. The predicted octanol–water partition coefficient (Wildman–Crippen LogP) is 2.28. The Morgan fingerprint density at radius 3 is 2.46 bits per heavy atom. The van der Waals surface area contributed by atoms with Crippen LogP contribution >= 0.6 is 22.3 Å². The van der Waals surface area contributed by atoms with Gasteiger partial charge in [-0.2, -0.15) is 0 Å². The van der Waals surface area contributed by atoms with Crippen LogP contribution in [0.4, 0.5) is 0 Å². The first kappa shape index (κ1) is 10.6. The molecule has 0 saturated heterocycles. The van der Waals surface area contributed by atoms with Crippen LogP contribution in [0.5, 0.6) is 5.75 Å². The Bertz CT molecular complexity index is 414. The number of methoxy groups -OCH3 is 1.